The van der Waals surface area contributed by atoms with Crippen molar-refractivity contribution in [1.82, 2.24) is 0 Å². The summed E-state index contributed by atoms with van der Waals surface area (Å²) in [5.74, 6) is -3.14. The highest BCUT2D eigenvalue weighted by Crippen LogP contribution is 2.46. The summed E-state index contributed by atoms with van der Waals surface area (Å²) in [5, 5.41) is 20.3. The Morgan fingerprint density at radius 3 is 1.74 bits per heavy atom. The van der Waals surface area contributed by atoms with E-state index in [1.54, 1.807) is 24.3 Å². The zero-order valence-corrected chi connectivity index (χ0v) is 14.8. The third-order valence-corrected chi connectivity index (χ3v) is 4.23. The normalized spacial score (nSPS) is 13.3. The third-order valence-electron chi connectivity index (χ3n) is 3.97. The Balaban J connectivity index is 3.51. The molecule has 0 aliphatic rings. The third kappa shape index (κ3) is 4.71. The first kappa shape index (κ1) is 19.5. The number of carboxylic acids is 2. The summed E-state index contributed by atoms with van der Waals surface area (Å²) >= 11 is 5.88. The molecule has 1 rings (SSSR count). The van der Waals surface area contributed by atoms with E-state index in [0.717, 1.165) is 0 Å². The van der Waals surface area contributed by atoms with E-state index in [4.69, 9.17) is 11.6 Å². The molecule has 0 bridgehead atoms. The van der Waals surface area contributed by atoms with Crippen LogP contribution in [0.3, 0.4) is 0 Å². The number of halogens is 1. The van der Waals surface area contributed by atoms with Crippen LogP contribution in [0, 0.1) is 17.3 Å². The molecule has 128 valence electrons. The number of carboxylic acid groups (broad SMARTS) is 2. The van der Waals surface area contributed by atoms with Crippen LogP contribution in [-0.2, 0) is 9.59 Å². The lowest BCUT2D eigenvalue weighted by Crippen LogP contribution is -2.43. The number of rotatable bonds is 8. The molecule has 0 aliphatic heterocycles. The molecule has 23 heavy (non-hydrogen) atoms. The molecular formula is C18H25ClO4. The summed E-state index contributed by atoms with van der Waals surface area (Å²) in [4.78, 5) is 24.2. The van der Waals surface area contributed by atoms with Crippen LogP contribution in [0.1, 0.15) is 52.0 Å². The summed E-state index contributed by atoms with van der Waals surface area (Å²) in [7, 11) is 0. The van der Waals surface area contributed by atoms with Gasteiger partial charge in [-0.05, 0) is 42.4 Å². The van der Waals surface area contributed by atoms with Crippen LogP contribution in [0.15, 0.2) is 24.3 Å². The minimum absolute atomic E-state index is 0.0685. The van der Waals surface area contributed by atoms with Crippen LogP contribution in [0.25, 0.3) is 0 Å². The fraction of sp³-hybridized carbons (Fsp3) is 0.556. The zero-order valence-electron chi connectivity index (χ0n) is 14.0. The van der Waals surface area contributed by atoms with Gasteiger partial charge in [0.15, 0.2) is 0 Å². The molecule has 0 spiro atoms. The summed E-state index contributed by atoms with van der Waals surface area (Å²) in [5.41, 5.74) is -0.868. The van der Waals surface area contributed by atoms with Crippen molar-refractivity contribution in [3.63, 3.8) is 0 Å². The quantitative estimate of drug-likeness (QED) is 0.721. The highest BCUT2D eigenvalue weighted by molar-refractivity contribution is 6.30. The molecule has 1 atom stereocenters. The Kier molecular flexibility index (Phi) is 6.63. The molecule has 0 radical (unpaired) electrons. The van der Waals surface area contributed by atoms with Crippen molar-refractivity contribution < 1.29 is 19.8 Å². The first-order valence-electron chi connectivity index (χ1n) is 7.81. The summed E-state index contributed by atoms with van der Waals surface area (Å²) in [6.45, 7) is 7.66. The van der Waals surface area contributed by atoms with Crippen LogP contribution in [0.2, 0.25) is 5.02 Å². The highest BCUT2D eigenvalue weighted by atomic mass is 35.5. The predicted octanol–water partition coefficient (Wildman–Crippen LogP) is 4.67. The lowest BCUT2D eigenvalue weighted by Gasteiger charge is -2.38. The molecule has 0 aromatic heterocycles. The van der Waals surface area contributed by atoms with E-state index >= 15 is 0 Å². The monoisotopic (exact) mass is 340 g/mol. The number of hydrogen-bond donors (Lipinski definition) is 2. The van der Waals surface area contributed by atoms with Gasteiger partial charge in [-0.2, -0.15) is 0 Å². The minimum atomic E-state index is -1.35. The van der Waals surface area contributed by atoms with Crippen molar-refractivity contribution >= 4 is 23.5 Å². The van der Waals surface area contributed by atoms with Gasteiger partial charge in [0.1, 0.15) is 0 Å². The van der Waals surface area contributed by atoms with Gasteiger partial charge in [0.2, 0.25) is 0 Å². The Labute approximate surface area is 142 Å². The van der Waals surface area contributed by atoms with Gasteiger partial charge >= 0.3 is 11.9 Å². The van der Waals surface area contributed by atoms with Gasteiger partial charge in [-0.3, -0.25) is 9.59 Å². The van der Waals surface area contributed by atoms with E-state index in [2.05, 4.69) is 0 Å². The van der Waals surface area contributed by atoms with Gasteiger partial charge < -0.3 is 10.2 Å². The second-order valence-corrected chi connectivity index (χ2v) is 7.42. The highest BCUT2D eigenvalue weighted by Gasteiger charge is 2.50. The van der Waals surface area contributed by atoms with Crippen LogP contribution in [-0.4, -0.2) is 22.2 Å². The van der Waals surface area contributed by atoms with Crippen molar-refractivity contribution in [2.24, 2.45) is 17.3 Å². The Hall–Kier alpha value is -1.55. The van der Waals surface area contributed by atoms with Gasteiger partial charge in [-0.25, -0.2) is 0 Å². The lowest BCUT2D eigenvalue weighted by molar-refractivity contribution is -0.161. The van der Waals surface area contributed by atoms with Gasteiger partial charge in [0.25, 0.3) is 0 Å². The Morgan fingerprint density at radius 2 is 1.43 bits per heavy atom. The molecule has 1 aromatic rings. The smallest absolute Gasteiger partial charge is 0.312 e. The van der Waals surface area contributed by atoms with Crippen LogP contribution < -0.4 is 0 Å². The maximum Gasteiger partial charge on any atom is 0.312 e. The SMILES string of the molecule is CC(C)CC(CC(C)C)(C(=O)O)C(C(=O)O)c1ccc(Cl)cc1. The molecule has 0 amide bonds. The first-order valence-corrected chi connectivity index (χ1v) is 8.19. The van der Waals surface area contributed by atoms with Gasteiger partial charge in [0.05, 0.1) is 11.3 Å². The molecule has 0 heterocycles. The van der Waals surface area contributed by atoms with E-state index in [1.165, 1.54) is 0 Å². The molecule has 0 saturated carbocycles. The van der Waals surface area contributed by atoms with Crippen molar-refractivity contribution in [2.75, 3.05) is 0 Å². The maximum absolute atomic E-state index is 12.2. The maximum atomic E-state index is 12.2. The number of hydrogen-bond acceptors (Lipinski definition) is 2. The van der Waals surface area contributed by atoms with Crippen molar-refractivity contribution in [2.45, 2.75) is 46.5 Å². The zero-order chi connectivity index (χ0) is 17.8. The van der Waals surface area contributed by atoms with E-state index < -0.39 is 23.3 Å². The predicted molar refractivity (Wildman–Crippen MR) is 90.8 cm³/mol. The van der Waals surface area contributed by atoms with Crippen molar-refractivity contribution in [3.8, 4) is 0 Å². The Morgan fingerprint density at radius 1 is 1.00 bits per heavy atom. The van der Waals surface area contributed by atoms with Gasteiger partial charge in [-0.1, -0.05) is 51.4 Å². The fourth-order valence-corrected chi connectivity index (χ4v) is 3.55. The largest absolute Gasteiger partial charge is 0.481 e. The summed E-state index contributed by atoms with van der Waals surface area (Å²) in [6.07, 6.45) is 0.611. The fourth-order valence-electron chi connectivity index (χ4n) is 3.43. The van der Waals surface area contributed by atoms with Gasteiger partial charge in [0, 0.05) is 5.02 Å². The molecule has 4 nitrogen and oxygen atoms in total. The van der Waals surface area contributed by atoms with Gasteiger partial charge in [-0.15, -0.1) is 0 Å². The summed E-state index contributed by atoms with van der Waals surface area (Å²) in [6, 6.07) is 6.42. The summed E-state index contributed by atoms with van der Waals surface area (Å²) < 4.78 is 0. The van der Waals surface area contributed by atoms with E-state index in [1.807, 2.05) is 27.7 Å². The van der Waals surface area contributed by atoms with Crippen LogP contribution in [0.4, 0.5) is 0 Å². The van der Waals surface area contributed by atoms with Crippen molar-refractivity contribution in [1.29, 1.82) is 0 Å². The molecule has 1 aromatic carbocycles. The first-order chi connectivity index (χ1) is 10.6. The molecule has 0 saturated heterocycles. The number of aliphatic carboxylic acids is 2. The molecular weight excluding hydrogens is 316 g/mol. The van der Waals surface area contributed by atoms with E-state index in [-0.39, 0.29) is 11.8 Å². The second kappa shape index (κ2) is 7.82. The molecule has 1 unspecified atom stereocenters. The average molecular weight is 341 g/mol. The lowest BCUT2D eigenvalue weighted by atomic mass is 9.63. The minimum Gasteiger partial charge on any atom is -0.481 e. The van der Waals surface area contributed by atoms with Crippen LogP contribution in [0.5, 0.6) is 0 Å². The molecule has 2 N–H and O–H groups in total. The average Bonchev–Trinajstić information content (AvgIpc) is 2.39. The topological polar surface area (TPSA) is 74.6 Å². The standard InChI is InChI=1S/C18H25ClO4/c1-11(2)9-18(17(22)23,10-12(3)4)15(16(20)21)13-5-7-14(19)8-6-13/h5-8,11-12,15H,9-10H2,1-4H3,(H,20,21)(H,22,23). The molecule has 0 aliphatic carbocycles. The Bertz CT molecular complexity index is 539. The van der Waals surface area contributed by atoms with Crippen molar-refractivity contribution in [3.05, 3.63) is 34.9 Å². The number of carbonyl (C=O) groups is 2. The van der Waals surface area contributed by atoms with Crippen LogP contribution >= 0.6 is 11.6 Å². The molecule has 0 fully saturated rings. The number of benzene rings is 1. The van der Waals surface area contributed by atoms with E-state index in [0.29, 0.717) is 23.4 Å². The van der Waals surface area contributed by atoms with E-state index in [9.17, 15) is 19.8 Å². The molecule has 5 heteroatoms. The second-order valence-electron chi connectivity index (χ2n) is 6.98.